The van der Waals surface area contributed by atoms with Crippen LogP contribution in [0, 0.1) is 5.92 Å². The summed E-state index contributed by atoms with van der Waals surface area (Å²) in [7, 11) is 0. The third-order valence-electron chi connectivity index (χ3n) is 5.58. The van der Waals surface area contributed by atoms with E-state index in [2.05, 4.69) is 13.2 Å². The van der Waals surface area contributed by atoms with E-state index in [1.807, 2.05) is 38.1 Å². The molecule has 3 atom stereocenters. The van der Waals surface area contributed by atoms with Gasteiger partial charge in [0.2, 0.25) is 0 Å². The second-order valence-corrected chi connectivity index (χ2v) is 8.51. The Morgan fingerprint density at radius 2 is 2.09 bits per heavy atom. The summed E-state index contributed by atoms with van der Waals surface area (Å²) in [6.07, 6.45) is 5.45. The number of benzene rings is 1. The van der Waals surface area contributed by atoms with Gasteiger partial charge in [0.05, 0.1) is 31.2 Å². The quantitative estimate of drug-likeness (QED) is 0.165. The number of esters is 1. The first-order chi connectivity index (χ1) is 16.8. The zero-order chi connectivity index (χ0) is 25.8. The topological polar surface area (TPSA) is 94.5 Å². The van der Waals surface area contributed by atoms with E-state index in [0.717, 1.165) is 17.5 Å². The van der Waals surface area contributed by atoms with Crippen molar-refractivity contribution < 1.29 is 34.0 Å². The van der Waals surface area contributed by atoms with Crippen LogP contribution in [0.25, 0.3) is 5.57 Å². The summed E-state index contributed by atoms with van der Waals surface area (Å²) < 4.78 is 22.3. The van der Waals surface area contributed by atoms with E-state index in [0.29, 0.717) is 48.7 Å². The predicted octanol–water partition coefficient (Wildman–Crippen LogP) is 4.34. The molecule has 0 spiro atoms. The first-order valence-electron chi connectivity index (χ1n) is 12.0. The van der Waals surface area contributed by atoms with E-state index in [-0.39, 0.29) is 19.1 Å². The highest BCUT2D eigenvalue weighted by Crippen LogP contribution is 2.32. The fourth-order valence-corrected chi connectivity index (χ4v) is 3.59. The molecule has 3 unspecified atom stereocenters. The highest BCUT2D eigenvalue weighted by Gasteiger charge is 2.30. The van der Waals surface area contributed by atoms with E-state index in [1.54, 1.807) is 13.0 Å². The molecule has 1 heterocycles. The number of aliphatic hydroxyl groups excluding tert-OH is 2. The van der Waals surface area contributed by atoms with Crippen LogP contribution in [0.15, 0.2) is 61.1 Å². The van der Waals surface area contributed by atoms with Gasteiger partial charge >= 0.3 is 5.97 Å². The van der Waals surface area contributed by atoms with Gasteiger partial charge in [0, 0.05) is 25.4 Å². The summed E-state index contributed by atoms with van der Waals surface area (Å²) >= 11 is 0. The summed E-state index contributed by atoms with van der Waals surface area (Å²) in [5, 5.41) is 19.0. The average molecular weight is 487 g/mol. The molecular weight excluding hydrogens is 448 g/mol. The molecule has 1 aromatic rings. The number of cyclic esters (lactones) is 1. The van der Waals surface area contributed by atoms with E-state index in [4.69, 9.17) is 24.1 Å². The molecule has 0 amide bonds. The van der Waals surface area contributed by atoms with Crippen LogP contribution < -0.4 is 4.74 Å². The molecule has 7 heteroatoms. The summed E-state index contributed by atoms with van der Waals surface area (Å²) in [5.41, 5.74) is 3.00. The fraction of sp³-hybridized carbons (Fsp3) is 0.464. The van der Waals surface area contributed by atoms with Crippen molar-refractivity contribution in [3.05, 3.63) is 72.2 Å². The molecular formula is C28H38O7. The van der Waals surface area contributed by atoms with Crippen LogP contribution in [0.1, 0.15) is 44.7 Å². The van der Waals surface area contributed by atoms with Gasteiger partial charge in [-0.15, -0.1) is 0 Å². The van der Waals surface area contributed by atoms with Crippen LogP contribution in [0.3, 0.4) is 0 Å². The molecule has 7 nitrogen and oxygen atoms in total. The summed E-state index contributed by atoms with van der Waals surface area (Å²) in [4.78, 5) is 13.0. The van der Waals surface area contributed by atoms with Crippen LogP contribution in [-0.2, 0) is 25.4 Å². The van der Waals surface area contributed by atoms with E-state index < -0.39 is 18.2 Å². The fourth-order valence-electron chi connectivity index (χ4n) is 3.59. The summed E-state index contributed by atoms with van der Waals surface area (Å²) in [6.45, 7) is 14.1. The van der Waals surface area contributed by atoms with Crippen LogP contribution in [0.4, 0.5) is 0 Å². The molecule has 2 rings (SSSR count). The molecule has 0 bridgehead atoms. The van der Waals surface area contributed by atoms with Gasteiger partial charge in [-0.25, -0.2) is 4.79 Å². The maximum atomic E-state index is 13.0. The smallest absolute Gasteiger partial charge is 0.339 e. The van der Waals surface area contributed by atoms with Gasteiger partial charge in [-0.3, -0.25) is 0 Å². The second kappa shape index (κ2) is 14.4. The Morgan fingerprint density at radius 3 is 2.74 bits per heavy atom. The number of ether oxygens (including phenoxy) is 4. The lowest BCUT2D eigenvalue weighted by Gasteiger charge is -2.27. The number of aryl methyl sites for hydroxylation is 1. The van der Waals surface area contributed by atoms with Crippen LogP contribution in [0.2, 0.25) is 0 Å². The molecule has 1 aliphatic rings. The Labute approximate surface area is 208 Å². The van der Waals surface area contributed by atoms with Crippen molar-refractivity contribution in [3.63, 3.8) is 0 Å². The zero-order valence-electron chi connectivity index (χ0n) is 21.0. The van der Waals surface area contributed by atoms with Gasteiger partial charge in [-0.05, 0) is 48.3 Å². The van der Waals surface area contributed by atoms with Crippen molar-refractivity contribution in [2.75, 3.05) is 26.4 Å². The number of allylic oxidation sites excluding steroid dienone is 1. The molecule has 1 aromatic carbocycles. The maximum Gasteiger partial charge on any atom is 0.339 e. The first kappa shape index (κ1) is 28.2. The van der Waals surface area contributed by atoms with E-state index >= 15 is 0 Å². The Hall–Kier alpha value is -3.03. The number of carbonyl (C=O) groups excluding carboxylic acids is 1. The zero-order valence-corrected chi connectivity index (χ0v) is 21.0. The lowest BCUT2D eigenvalue weighted by atomic mass is 9.90. The lowest BCUT2D eigenvalue weighted by Crippen LogP contribution is -2.29. The van der Waals surface area contributed by atoms with Gasteiger partial charge in [-0.2, -0.15) is 0 Å². The van der Waals surface area contributed by atoms with Crippen molar-refractivity contribution in [1.29, 1.82) is 0 Å². The number of aliphatic hydroxyl groups is 2. The monoisotopic (exact) mass is 486 g/mol. The largest absolute Gasteiger partial charge is 0.502 e. The number of hydrogen-bond donors (Lipinski definition) is 2. The van der Waals surface area contributed by atoms with Crippen molar-refractivity contribution in [3.8, 4) is 5.75 Å². The minimum atomic E-state index is -0.710. The van der Waals surface area contributed by atoms with Crippen LogP contribution in [0.5, 0.6) is 5.75 Å². The molecule has 0 aliphatic carbocycles. The Kier molecular flexibility index (Phi) is 11.6. The second-order valence-electron chi connectivity index (χ2n) is 8.51. The molecule has 0 radical (unpaired) electrons. The summed E-state index contributed by atoms with van der Waals surface area (Å²) in [6, 6.07) is 5.63. The predicted molar refractivity (Wildman–Crippen MR) is 136 cm³/mol. The van der Waals surface area contributed by atoms with Gasteiger partial charge in [0.1, 0.15) is 24.2 Å². The molecule has 192 valence electrons. The summed E-state index contributed by atoms with van der Waals surface area (Å²) in [5.74, 6) is 0.681. The van der Waals surface area contributed by atoms with Gasteiger partial charge < -0.3 is 29.2 Å². The Bertz CT molecular complexity index is 931. The molecule has 0 fully saturated rings. The molecule has 35 heavy (non-hydrogen) atoms. The van der Waals surface area contributed by atoms with Crippen molar-refractivity contribution in [2.24, 2.45) is 5.92 Å². The van der Waals surface area contributed by atoms with Crippen molar-refractivity contribution >= 4 is 11.5 Å². The van der Waals surface area contributed by atoms with Crippen molar-refractivity contribution in [1.82, 2.24) is 0 Å². The molecule has 0 saturated heterocycles. The molecule has 0 aromatic heterocycles. The maximum absolute atomic E-state index is 13.0. The van der Waals surface area contributed by atoms with E-state index in [1.165, 1.54) is 6.26 Å². The van der Waals surface area contributed by atoms with Crippen LogP contribution >= 0.6 is 0 Å². The molecule has 0 saturated carbocycles. The van der Waals surface area contributed by atoms with Gasteiger partial charge in [0.25, 0.3) is 0 Å². The number of rotatable bonds is 15. The Balaban J connectivity index is 2.15. The highest BCUT2D eigenvalue weighted by atomic mass is 16.5. The standard InChI is InChI=1S/C28H38O7/c1-6-21-16-23(33-13-8-12-29)9-10-24(21)25-15-20(5)27(35-28(25)31)17-26(19(3)4)34-18-22(30)11-14-32-7-2/h7,9-10,15-17,20,22,27,29-30H,2-3,6,8,11-14,18H2,1,4-5H3/b26-17+. The Morgan fingerprint density at radius 1 is 1.31 bits per heavy atom. The SMILES string of the molecule is C=COCCC(O)CO/C(=C/C1OC(=O)C(c2ccc(OCCCO)cc2CC)=CC1C)C(=C)C. The lowest BCUT2D eigenvalue weighted by molar-refractivity contribution is -0.142. The highest BCUT2D eigenvalue weighted by molar-refractivity contribution is 6.17. The normalized spacial score (nSPS) is 18.8. The number of carbonyl (C=O) groups is 1. The van der Waals surface area contributed by atoms with Gasteiger partial charge in [0.15, 0.2) is 0 Å². The molecule has 1 aliphatic heterocycles. The first-order valence-corrected chi connectivity index (χ1v) is 12.0. The third kappa shape index (κ3) is 8.60. The average Bonchev–Trinajstić information content (AvgIpc) is 2.83. The third-order valence-corrected chi connectivity index (χ3v) is 5.58. The minimum absolute atomic E-state index is 0.0713. The molecule has 2 N–H and O–H groups in total. The minimum Gasteiger partial charge on any atom is -0.502 e. The van der Waals surface area contributed by atoms with Crippen LogP contribution in [-0.4, -0.2) is 54.8 Å². The van der Waals surface area contributed by atoms with Crippen molar-refractivity contribution in [2.45, 2.75) is 52.2 Å². The number of hydrogen-bond acceptors (Lipinski definition) is 7. The van der Waals surface area contributed by atoms with E-state index in [9.17, 15) is 9.90 Å². The van der Waals surface area contributed by atoms with Gasteiger partial charge in [-0.1, -0.05) is 39.1 Å².